The van der Waals surface area contributed by atoms with Crippen LogP contribution in [0, 0.1) is 23.7 Å². The van der Waals surface area contributed by atoms with Gasteiger partial charge in [0.15, 0.2) is 0 Å². The molecule has 5 unspecified atom stereocenters. The molecule has 2 fully saturated rings. The Morgan fingerprint density at radius 2 is 1.56 bits per heavy atom. The summed E-state index contributed by atoms with van der Waals surface area (Å²) in [5.74, 6) is -1.02. The average Bonchev–Trinajstić information content (AvgIpc) is 3.13. The van der Waals surface area contributed by atoms with Crippen LogP contribution in [0.25, 0.3) is 0 Å². The Hall–Kier alpha value is -3.21. The largest absolute Gasteiger partial charge is 0.309 e. The topological polar surface area (TPSA) is 57.7 Å². The van der Waals surface area contributed by atoms with Crippen LogP contribution in [0.4, 0.5) is 5.69 Å². The van der Waals surface area contributed by atoms with Crippen LogP contribution < -0.4 is 4.90 Å². The van der Waals surface area contributed by atoms with Crippen molar-refractivity contribution in [2.24, 2.45) is 23.7 Å². The number of allylic oxidation sites excluding steroid dienone is 2. The molecule has 2 heterocycles. The number of carbonyl (C=O) groups excluding carboxylic acids is 3. The molecule has 0 bridgehead atoms. The standard InChI is InChI=1S/C29H32N2O3/c1-3-4-11-21-18-24-23(16-17-25(32)30(24)19(2)20-12-7-5-8-13-20)27-26(21)28(33)31(29(27)34)22-14-9-6-10-15-22/h5-10,12-15,18-19,21,23,26-27H,3-4,11,16-17H2,1-2H3. The van der Waals surface area contributed by atoms with Crippen LogP contribution >= 0.6 is 0 Å². The van der Waals surface area contributed by atoms with E-state index in [2.05, 4.69) is 19.9 Å². The van der Waals surface area contributed by atoms with Crippen LogP contribution in [0.5, 0.6) is 0 Å². The number of hydrogen-bond acceptors (Lipinski definition) is 3. The zero-order valence-corrected chi connectivity index (χ0v) is 19.9. The monoisotopic (exact) mass is 456 g/mol. The van der Waals surface area contributed by atoms with Crippen LogP contribution in [0.15, 0.2) is 72.4 Å². The molecule has 176 valence electrons. The Kier molecular flexibility index (Phi) is 6.11. The van der Waals surface area contributed by atoms with Crippen LogP contribution in [0.3, 0.4) is 0 Å². The Balaban J connectivity index is 1.57. The summed E-state index contributed by atoms with van der Waals surface area (Å²) in [6.45, 7) is 4.20. The summed E-state index contributed by atoms with van der Waals surface area (Å²) in [5, 5.41) is 0. The number of para-hydroxylation sites is 1. The highest BCUT2D eigenvalue weighted by Crippen LogP contribution is 2.52. The fraction of sp³-hybridized carbons (Fsp3) is 0.414. The lowest BCUT2D eigenvalue weighted by Crippen LogP contribution is -2.47. The van der Waals surface area contributed by atoms with Crippen LogP contribution in [-0.4, -0.2) is 22.6 Å². The first-order valence-corrected chi connectivity index (χ1v) is 12.5. The lowest BCUT2D eigenvalue weighted by atomic mass is 9.66. The number of likely N-dealkylation sites (tertiary alicyclic amines) is 1. The second kappa shape index (κ2) is 9.21. The zero-order chi connectivity index (χ0) is 23.8. The normalized spacial score (nSPS) is 27.4. The zero-order valence-electron chi connectivity index (χ0n) is 19.9. The molecule has 5 heteroatoms. The van der Waals surface area contributed by atoms with E-state index in [1.807, 2.05) is 65.6 Å². The fourth-order valence-corrected chi connectivity index (χ4v) is 6.20. The van der Waals surface area contributed by atoms with Gasteiger partial charge in [0.2, 0.25) is 17.7 Å². The van der Waals surface area contributed by atoms with Gasteiger partial charge < -0.3 is 4.90 Å². The molecule has 3 amide bonds. The van der Waals surface area contributed by atoms with Crippen molar-refractivity contribution in [1.82, 2.24) is 4.90 Å². The van der Waals surface area contributed by atoms with E-state index < -0.39 is 5.92 Å². The molecule has 5 atom stereocenters. The molecule has 2 aromatic rings. The Bertz CT molecular complexity index is 1110. The summed E-state index contributed by atoms with van der Waals surface area (Å²) < 4.78 is 0. The number of piperidine rings is 1. The molecule has 0 spiro atoms. The Morgan fingerprint density at radius 3 is 2.24 bits per heavy atom. The predicted octanol–water partition coefficient (Wildman–Crippen LogP) is 5.50. The first kappa shape index (κ1) is 22.6. The highest BCUT2D eigenvalue weighted by molar-refractivity contribution is 6.22. The number of benzene rings is 2. The lowest BCUT2D eigenvalue weighted by Gasteiger charge is -2.46. The summed E-state index contributed by atoms with van der Waals surface area (Å²) in [7, 11) is 0. The Morgan fingerprint density at radius 1 is 0.912 bits per heavy atom. The second-order valence-corrected chi connectivity index (χ2v) is 9.79. The van der Waals surface area contributed by atoms with Gasteiger partial charge in [0.1, 0.15) is 0 Å². The third kappa shape index (κ3) is 3.67. The van der Waals surface area contributed by atoms with Gasteiger partial charge in [-0.3, -0.25) is 19.3 Å². The number of imide groups is 1. The minimum atomic E-state index is -0.409. The molecule has 34 heavy (non-hydrogen) atoms. The van der Waals surface area contributed by atoms with E-state index in [1.54, 1.807) is 0 Å². The molecule has 2 saturated heterocycles. The number of unbranched alkanes of at least 4 members (excludes halogenated alkanes) is 1. The quantitative estimate of drug-likeness (QED) is 0.540. The number of fused-ring (bicyclic) bond motifs is 3. The smallest absolute Gasteiger partial charge is 0.238 e. The number of hydrogen-bond donors (Lipinski definition) is 0. The van der Waals surface area contributed by atoms with Gasteiger partial charge in [-0.25, -0.2) is 0 Å². The third-order valence-corrected chi connectivity index (χ3v) is 7.85. The van der Waals surface area contributed by atoms with Gasteiger partial charge in [-0.1, -0.05) is 74.4 Å². The maximum absolute atomic E-state index is 13.8. The van der Waals surface area contributed by atoms with Crippen molar-refractivity contribution < 1.29 is 14.4 Å². The fourth-order valence-electron chi connectivity index (χ4n) is 6.20. The minimum Gasteiger partial charge on any atom is -0.309 e. The number of rotatable bonds is 6. The summed E-state index contributed by atoms with van der Waals surface area (Å²) >= 11 is 0. The molecule has 3 aliphatic rings. The Labute approximate surface area is 201 Å². The van der Waals surface area contributed by atoms with E-state index in [4.69, 9.17) is 0 Å². The molecule has 1 aliphatic carbocycles. The maximum atomic E-state index is 13.8. The van der Waals surface area contributed by atoms with Crippen molar-refractivity contribution in [3.05, 3.63) is 78.0 Å². The van der Waals surface area contributed by atoms with Gasteiger partial charge in [-0.2, -0.15) is 0 Å². The van der Waals surface area contributed by atoms with Gasteiger partial charge in [0.25, 0.3) is 0 Å². The second-order valence-electron chi connectivity index (χ2n) is 9.79. The summed E-state index contributed by atoms with van der Waals surface area (Å²) in [6.07, 6.45) is 6.04. The van der Waals surface area contributed by atoms with Gasteiger partial charge >= 0.3 is 0 Å². The van der Waals surface area contributed by atoms with Crippen molar-refractivity contribution in [2.75, 3.05) is 4.90 Å². The van der Waals surface area contributed by atoms with E-state index in [1.165, 1.54) is 4.90 Å². The summed E-state index contributed by atoms with van der Waals surface area (Å²) in [6, 6.07) is 19.2. The first-order chi connectivity index (χ1) is 16.5. The predicted molar refractivity (Wildman–Crippen MR) is 131 cm³/mol. The lowest BCUT2D eigenvalue weighted by molar-refractivity contribution is -0.137. The molecular formula is C29H32N2O3. The van der Waals surface area contributed by atoms with Crippen LogP contribution in [0.2, 0.25) is 0 Å². The number of carbonyl (C=O) groups is 3. The number of anilines is 1. The molecule has 0 saturated carbocycles. The molecule has 0 aromatic heterocycles. The third-order valence-electron chi connectivity index (χ3n) is 7.85. The van der Waals surface area contributed by atoms with Gasteiger partial charge in [0, 0.05) is 18.0 Å². The molecular weight excluding hydrogens is 424 g/mol. The first-order valence-electron chi connectivity index (χ1n) is 12.5. The molecule has 0 radical (unpaired) electrons. The van der Waals surface area contributed by atoms with Gasteiger partial charge in [0.05, 0.1) is 23.6 Å². The van der Waals surface area contributed by atoms with Crippen molar-refractivity contribution >= 4 is 23.4 Å². The molecule has 2 aliphatic heterocycles. The maximum Gasteiger partial charge on any atom is 0.238 e. The number of nitrogens with zero attached hydrogens (tertiary/aromatic N) is 2. The van der Waals surface area contributed by atoms with Crippen LogP contribution in [0.1, 0.15) is 57.6 Å². The van der Waals surface area contributed by atoms with E-state index in [9.17, 15) is 14.4 Å². The van der Waals surface area contributed by atoms with Crippen molar-refractivity contribution in [3.63, 3.8) is 0 Å². The summed E-state index contributed by atoms with van der Waals surface area (Å²) in [5.41, 5.74) is 2.67. The SMILES string of the molecule is CCCCC1C=C2C(CCC(=O)N2C(C)c2ccccc2)C2C(=O)N(c3ccccc3)C(=O)C12. The van der Waals surface area contributed by atoms with E-state index >= 15 is 0 Å². The van der Waals surface area contributed by atoms with Gasteiger partial charge in [-0.05, 0) is 43.4 Å². The molecule has 0 N–H and O–H groups in total. The average molecular weight is 457 g/mol. The van der Waals surface area contributed by atoms with Crippen molar-refractivity contribution in [3.8, 4) is 0 Å². The molecule has 5 nitrogen and oxygen atoms in total. The minimum absolute atomic E-state index is 0.0438. The molecule has 2 aromatic carbocycles. The molecule has 5 rings (SSSR count). The van der Waals surface area contributed by atoms with Crippen molar-refractivity contribution in [1.29, 1.82) is 0 Å². The highest BCUT2D eigenvalue weighted by atomic mass is 16.2. The van der Waals surface area contributed by atoms with Crippen molar-refractivity contribution in [2.45, 2.75) is 52.0 Å². The number of amides is 3. The van der Waals surface area contributed by atoms with Crippen LogP contribution in [-0.2, 0) is 14.4 Å². The van der Waals surface area contributed by atoms with Gasteiger partial charge in [-0.15, -0.1) is 0 Å². The summed E-state index contributed by atoms with van der Waals surface area (Å²) in [4.78, 5) is 44.1. The highest BCUT2D eigenvalue weighted by Gasteiger charge is 2.58. The van der Waals surface area contributed by atoms with E-state index in [-0.39, 0.29) is 41.5 Å². The van der Waals surface area contributed by atoms with E-state index in [0.717, 1.165) is 30.5 Å². The van der Waals surface area contributed by atoms with E-state index in [0.29, 0.717) is 18.5 Å².